The number of benzene rings is 1. The Morgan fingerprint density at radius 2 is 1.92 bits per heavy atom. The molecule has 140 valence electrons. The zero-order valence-corrected chi connectivity index (χ0v) is 15.6. The molecule has 0 heterocycles. The average molecular weight is 350 g/mol. The van der Waals surface area contributed by atoms with Gasteiger partial charge in [0.2, 0.25) is 5.91 Å². The Morgan fingerprint density at radius 1 is 1.28 bits per heavy atom. The van der Waals surface area contributed by atoms with Gasteiger partial charge in [-0.1, -0.05) is 13.8 Å². The Balaban J connectivity index is 1.70. The van der Waals surface area contributed by atoms with Crippen LogP contribution in [0, 0.1) is 5.41 Å². The lowest BCUT2D eigenvalue weighted by atomic mass is 9.54. The van der Waals surface area contributed by atoms with Crippen molar-refractivity contribution in [3.05, 3.63) is 24.3 Å². The molecule has 0 spiro atoms. The number of hydrogen-bond donors (Lipinski definition) is 2. The van der Waals surface area contributed by atoms with Crippen LogP contribution in [0.3, 0.4) is 0 Å². The molecule has 0 aromatic heterocycles. The van der Waals surface area contributed by atoms with Crippen molar-refractivity contribution >= 4 is 5.91 Å². The van der Waals surface area contributed by atoms with Crippen LogP contribution in [0.4, 0.5) is 0 Å². The van der Waals surface area contributed by atoms with Crippen molar-refractivity contribution in [2.45, 2.75) is 45.3 Å². The van der Waals surface area contributed by atoms with E-state index in [-0.39, 0.29) is 17.4 Å². The molecule has 1 amide bonds. The molecule has 0 bridgehead atoms. The molecule has 2 unspecified atom stereocenters. The maximum Gasteiger partial charge on any atom is 0.240 e. The van der Waals surface area contributed by atoms with Gasteiger partial charge in [0.05, 0.1) is 19.8 Å². The van der Waals surface area contributed by atoms with Gasteiger partial charge in [-0.2, -0.15) is 0 Å². The van der Waals surface area contributed by atoms with E-state index in [1.54, 1.807) is 7.11 Å². The van der Waals surface area contributed by atoms with Crippen molar-refractivity contribution in [1.82, 2.24) is 5.32 Å². The van der Waals surface area contributed by atoms with Crippen LogP contribution >= 0.6 is 0 Å². The number of carbonyl (C=O) groups is 1. The molecule has 1 aromatic carbocycles. The molecule has 1 fully saturated rings. The van der Waals surface area contributed by atoms with E-state index in [2.05, 4.69) is 5.32 Å². The topological polar surface area (TPSA) is 82.8 Å². The summed E-state index contributed by atoms with van der Waals surface area (Å²) in [5.74, 6) is 1.46. The van der Waals surface area contributed by atoms with Crippen LogP contribution in [0.1, 0.15) is 33.6 Å². The molecule has 0 aliphatic heterocycles. The van der Waals surface area contributed by atoms with Crippen molar-refractivity contribution in [2.24, 2.45) is 11.1 Å². The molecule has 0 saturated heterocycles. The highest BCUT2D eigenvalue weighted by molar-refractivity contribution is 5.88. The number of carbonyl (C=O) groups excluding carboxylic acids is 1. The average Bonchev–Trinajstić information content (AvgIpc) is 2.61. The minimum absolute atomic E-state index is 0.0339. The summed E-state index contributed by atoms with van der Waals surface area (Å²) in [6.07, 6.45) is 1.30. The van der Waals surface area contributed by atoms with Gasteiger partial charge in [-0.05, 0) is 37.6 Å². The number of hydrogen-bond acceptors (Lipinski definition) is 5. The van der Waals surface area contributed by atoms with E-state index in [0.29, 0.717) is 32.6 Å². The Hall–Kier alpha value is -1.79. The van der Waals surface area contributed by atoms with Crippen LogP contribution in [-0.2, 0) is 9.53 Å². The van der Waals surface area contributed by atoms with Crippen LogP contribution in [0.15, 0.2) is 24.3 Å². The van der Waals surface area contributed by atoms with Crippen molar-refractivity contribution < 1.29 is 19.0 Å². The Morgan fingerprint density at radius 3 is 2.48 bits per heavy atom. The lowest BCUT2D eigenvalue weighted by molar-refractivity contribution is -0.170. The summed E-state index contributed by atoms with van der Waals surface area (Å²) in [5, 5.41) is 2.93. The largest absolute Gasteiger partial charge is 0.497 e. The molecule has 6 nitrogen and oxygen atoms in total. The third kappa shape index (κ3) is 4.07. The van der Waals surface area contributed by atoms with Gasteiger partial charge < -0.3 is 25.3 Å². The number of nitrogens with two attached hydrogens (primary N) is 1. The van der Waals surface area contributed by atoms with Crippen LogP contribution in [0.25, 0.3) is 0 Å². The summed E-state index contributed by atoms with van der Waals surface area (Å²) in [5.41, 5.74) is 5.10. The number of amides is 1. The SMILES string of the molecule is CCOC1CC(N)(C(=O)NCCCOc2ccc(OC)cc2)C1(C)C. The first-order chi connectivity index (χ1) is 11.8. The summed E-state index contributed by atoms with van der Waals surface area (Å²) in [4.78, 5) is 12.5. The first kappa shape index (κ1) is 19.5. The van der Waals surface area contributed by atoms with Crippen LogP contribution in [-0.4, -0.2) is 44.4 Å². The zero-order chi connectivity index (χ0) is 18.5. The van der Waals surface area contributed by atoms with Gasteiger partial charge in [-0.15, -0.1) is 0 Å². The maximum atomic E-state index is 12.5. The van der Waals surface area contributed by atoms with Gasteiger partial charge in [0.15, 0.2) is 0 Å². The first-order valence-electron chi connectivity index (χ1n) is 8.80. The summed E-state index contributed by atoms with van der Waals surface area (Å²) in [6.45, 7) is 7.62. The highest BCUT2D eigenvalue weighted by Gasteiger charge is 2.62. The minimum atomic E-state index is -0.871. The van der Waals surface area contributed by atoms with E-state index in [9.17, 15) is 4.79 Å². The molecule has 2 atom stereocenters. The molecular formula is C19H30N2O4. The van der Waals surface area contributed by atoms with E-state index in [1.807, 2.05) is 45.0 Å². The van der Waals surface area contributed by atoms with Crippen LogP contribution in [0.2, 0.25) is 0 Å². The van der Waals surface area contributed by atoms with E-state index in [4.69, 9.17) is 19.9 Å². The number of ether oxygens (including phenoxy) is 3. The van der Waals surface area contributed by atoms with Crippen molar-refractivity contribution in [1.29, 1.82) is 0 Å². The summed E-state index contributed by atoms with van der Waals surface area (Å²) in [7, 11) is 1.63. The van der Waals surface area contributed by atoms with Crippen molar-refractivity contribution in [2.75, 3.05) is 26.9 Å². The van der Waals surface area contributed by atoms with E-state index in [0.717, 1.165) is 11.5 Å². The molecule has 1 aromatic rings. The van der Waals surface area contributed by atoms with Gasteiger partial charge in [-0.3, -0.25) is 4.79 Å². The Bertz CT molecular complexity index is 573. The van der Waals surface area contributed by atoms with E-state index >= 15 is 0 Å². The Kier molecular flexibility index (Phi) is 6.30. The molecule has 2 rings (SSSR count). The summed E-state index contributed by atoms with van der Waals surface area (Å²) < 4.78 is 16.4. The van der Waals surface area contributed by atoms with Crippen molar-refractivity contribution in [3.8, 4) is 11.5 Å². The number of rotatable bonds is 9. The minimum Gasteiger partial charge on any atom is -0.497 e. The second-order valence-electron chi connectivity index (χ2n) is 6.97. The maximum absolute atomic E-state index is 12.5. The van der Waals surface area contributed by atoms with Crippen molar-refractivity contribution in [3.63, 3.8) is 0 Å². The highest BCUT2D eigenvalue weighted by Crippen LogP contribution is 2.49. The molecule has 6 heteroatoms. The predicted octanol–water partition coefficient (Wildman–Crippen LogP) is 2.11. The fraction of sp³-hybridized carbons (Fsp3) is 0.632. The van der Waals surface area contributed by atoms with E-state index in [1.165, 1.54) is 0 Å². The molecule has 0 radical (unpaired) electrons. The third-order valence-corrected chi connectivity index (χ3v) is 5.17. The molecule has 1 aliphatic rings. The normalized spacial score (nSPS) is 24.3. The number of nitrogens with one attached hydrogen (secondary N) is 1. The lowest BCUT2D eigenvalue weighted by Crippen LogP contribution is -2.75. The quantitative estimate of drug-likeness (QED) is 0.667. The highest BCUT2D eigenvalue weighted by atomic mass is 16.5. The first-order valence-corrected chi connectivity index (χ1v) is 8.80. The van der Waals surface area contributed by atoms with Gasteiger partial charge in [0.1, 0.15) is 17.0 Å². The second kappa shape index (κ2) is 8.06. The van der Waals surface area contributed by atoms with E-state index < -0.39 is 5.54 Å². The van der Waals surface area contributed by atoms with Gasteiger partial charge in [0, 0.05) is 25.0 Å². The second-order valence-corrected chi connectivity index (χ2v) is 6.97. The molecule has 1 aliphatic carbocycles. The molecule has 3 N–H and O–H groups in total. The molecule has 1 saturated carbocycles. The summed E-state index contributed by atoms with van der Waals surface area (Å²) >= 11 is 0. The summed E-state index contributed by atoms with van der Waals surface area (Å²) in [6, 6.07) is 7.42. The van der Waals surface area contributed by atoms with Crippen LogP contribution < -0.4 is 20.5 Å². The zero-order valence-electron chi connectivity index (χ0n) is 15.6. The standard InChI is InChI=1S/C19H30N2O4/c1-5-24-16-13-19(20,18(16,2)3)17(22)21-11-6-12-25-15-9-7-14(23-4)8-10-15/h7-10,16H,5-6,11-13,20H2,1-4H3,(H,21,22). The molecule has 25 heavy (non-hydrogen) atoms. The Labute approximate surface area is 150 Å². The third-order valence-electron chi connectivity index (χ3n) is 5.17. The van der Waals surface area contributed by atoms with Crippen LogP contribution in [0.5, 0.6) is 11.5 Å². The monoisotopic (exact) mass is 350 g/mol. The smallest absolute Gasteiger partial charge is 0.240 e. The number of methoxy groups -OCH3 is 1. The van der Waals surface area contributed by atoms with Gasteiger partial charge in [-0.25, -0.2) is 0 Å². The fourth-order valence-corrected chi connectivity index (χ4v) is 3.11. The van der Waals surface area contributed by atoms with Gasteiger partial charge in [0.25, 0.3) is 0 Å². The predicted molar refractivity (Wildman–Crippen MR) is 96.8 cm³/mol. The van der Waals surface area contributed by atoms with Gasteiger partial charge >= 0.3 is 0 Å². The molecular weight excluding hydrogens is 320 g/mol. The fourth-order valence-electron chi connectivity index (χ4n) is 3.11. The lowest BCUT2D eigenvalue weighted by Gasteiger charge is -2.57.